The average molecular weight is 385 g/mol. The molecular weight excluding hydrogens is 366 g/mol. The zero-order valence-electron chi connectivity index (χ0n) is 14.7. The summed E-state index contributed by atoms with van der Waals surface area (Å²) in [4.78, 5) is 23.4. The van der Waals surface area contributed by atoms with Gasteiger partial charge in [-0.1, -0.05) is 36.4 Å². The van der Waals surface area contributed by atoms with Gasteiger partial charge >= 0.3 is 11.9 Å². The van der Waals surface area contributed by atoms with E-state index in [0.717, 1.165) is 0 Å². The van der Waals surface area contributed by atoms with E-state index in [0.29, 0.717) is 11.1 Å². The van der Waals surface area contributed by atoms with E-state index in [4.69, 9.17) is 33.7 Å². The first-order chi connectivity index (χ1) is 12.9. The molecule has 138 valence electrons. The van der Waals surface area contributed by atoms with Gasteiger partial charge in [-0.25, -0.2) is 9.59 Å². The van der Waals surface area contributed by atoms with Crippen molar-refractivity contribution in [3.63, 3.8) is 0 Å². The molecule has 1 saturated heterocycles. The van der Waals surface area contributed by atoms with Gasteiger partial charge in [0.15, 0.2) is 6.10 Å². The summed E-state index contributed by atoms with van der Waals surface area (Å²) in [5, 5.41) is 0. The summed E-state index contributed by atoms with van der Waals surface area (Å²) in [5.41, 5.74) is 0.789. The van der Waals surface area contributed by atoms with Gasteiger partial charge in [0.2, 0.25) is 0 Å². The lowest BCUT2D eigenvalue weighted by Gasteiger charge is -2.28. The molecule has 2 aromatic carbocycles. The van der Waals surface area contributed by atoms with Gasteiger partial charge in [0, 0.05) is 6.00 Å². The van der Waals surface area contributed by atoms with Crippen LogP contribution in [0.5, 0.6) is 0 Å². The average Bonchev–Trinajstić information content (AvgIpc) is 2.90. The summed E-state index contributed by atoms with van der Waals surface area (Å²) in [6.07, 6.45) is -1.66. The summed E-state index contributed by atoms with van der Waals surface area (Å²) < 4.78 is 16.5. The minimum Gasteiger partial charge on any atom is -0.459 e. The Labute approximate surface area is 164 Å². The monoisotopic (exact) mass is 384 g/mol. The van der Waals surface area contributed by atoms with Gasteiger partial charge in [-0.2, -0.15) is 0 Å². The second-order valence-electron chi connectivity index (χ2n) is 6.40. The van der Waals surface area contributed by atoms with Crippen molar-refractivity contribution in [1.82, 2.24) is 0 Å². The Kier molecular flexibility index (Phi) is 5.87. The van der Waals surface area contributed by atoms with Crippen molar-refractivity contribution in [1.29, 1.82) is 0 Å². The Balaban J connectivity index is 1.69. The maximum absolute atomic E-state index is 12.4. The molecule has 27 heavy (non-hydrogen) atoms. The van der Waals surface area contributed by atoms with Crippen LogP contribution < -0.4 is 0 Å². The van der Waals surface area contributed by atoms with Crippen LogP contribution in [0.15, 0.2) is 60.7 Å². The lowest BCUT2D eigenvalue weighted by molar-refractivity contribution is -0.0333. The molecule has 1 aliphatic heterocycles. The van der Waals surface area contributed by atoms with Gasteiger partial charge in [0.05, 0.1) is 16.0 Å². The molecule has 0 spiro atoms. The molecule has 1 fully saturated rings. The summed E-state index contributed by atoms with van der Waals surface area (Å²) in [6.45, 7) is 1.48. The fourth-order valence-corrected chi connectivity index (χ4v) is 3.05. The smallest absolute Gasteiger partial charge is 0.338 e. The second kappa shape index (κ2) is 8.15. The van der Waals surface area contributed by atoms with Crippen LogP contribution >= 0.6 is 11.6 Å². The van der Waals surface area contributed by atoms with E-state index in [1.165, 1.54) is 0 Å². The number of hydrogen-bond acceptors (Lipinski definition) is 5. The third kappa shape index (κ3) is 4.34. The van der Waals surface area contributed by atoms with Crippen LogP contribution in [0.4, 0.5) is 0 Å². The molecule has 7 heteroatoms. The van der Waals surface area contributed by atoms with Crippen LogP contribution in [0.25, 0.3) is 0 Å². The summed E-state index contributed by atoms with van der Waals surface area (Å²) in [7, 11) is 5.94. The predicted molar refractivity (Wildman–Crippen MR) is 101 cm³/mol. The van der Waals surface area contributed by atoms with Crippen LogP contribution in [-0.4, -0.2) is 49.5 Å². The van der Waals surface area contributed by atoms with E-state index in [9.17, 15) is 9.59 Å². The van der Waals surface area contributed by atoms with Crippen LogP contribution in [-0.2, 0) is 14.2 Å². The first kappa shape index (κ1) is 19.5. The van der Waals surface area contributed by atoms with Gasteiger partial charge in [-0.05, 0) is 31.2 Å². The first-order valence-corrected chi connectivity index (χ1v) is 8.85. The second-order valence-corrected chi connectivity index (χ2v) is 7.22. The molecule has 0 amide bonds. The van der Waals surface area contributed by atoms with Crippen molar-refractivity contribution < 1.29 is 23.8 Å². The van der Waals surface area contributed by atoms with Crippen molar-refractivity contribution >= 4 is 31.4 Å². The maximum Gasteiger partial charge on any atom is 0.338 e. The molecule has 3 rings (SSSR count). The van der Waals surface area contributed by atoms with Crippen molar-refractivity contribution in [2.75, 3.05) is 6.61 Å². The predicted octanol–water partition coefficient (Wildman–Crippen LogP) is 2.96. The zero-order chi connectivity index (χ0) is 19.4. The third-order valence-corrected chi connectivity index (χ3v) is 4.83. The van der Waals surface area contributed by atoms with Crippen LogP contribution in [0.1, 0.15) is 27.6 Å². The van der Waals surface area contributed by atoms with Gasteiger partial charge in [-0.15, -0.1) is 11.6 Å². The molecular formula is C20H18BClO5. The number of carbonyl (C=O) groups is 2. The number of ether oxygens (including phenoxy) is 3. The zero-order valence-corrected chi connectivity index (χ0v) is 15.5. The first-order valence-electron chi connectivity index (χ1n) is 8.47. The topological polar surface area (TPSA) is 61.8 Å². The minimum absolute atomic E-state index is 0.142. The Hall–Kier alpha value is -2.31. The molecule has 5 nitrogen and oxygen atoms in total. The number of rotatable bonds is 5. The van der Waals surface area contributed by atoms with E-state index in [1.54, 1.807) is 67.6 Å². The van der Waals surface area contributed by atoms with E-state index in [-0.39, 0.29) is 6.61 Å². The Morgan fingerprint density at radius 1 is 1.04 bits per heavy atom. The Morgan fingerprint density at radius 3 is 2.11 bits per heavy atom. The SMILES string of the molecule is [B][C@@H]1O[C@H](COC(=O)c2ccccc2)[C@@H](OC(=O)c2ccccc2)[C@@]1(C)Cl. The van der Waals surface area contributed by atoms with Gasteiger partial charge in [0.25, 0.3) is 0 Å². The molecule has 0 N–H and O–H groups in total. The number of esters is 2. The summed E-state index contributed by atoms with van der Waals surface area (Å²) >= 11 is 6.47. The number of alkyl halides is 1. The lowest BCUT2D eigenvalue weighted by Crippen LogP contribution is -2.44. The maximum atomic E-state index is 12.4. The molecule has 2 aromatic rings. The number of benzene rings is 2. The van der Waals surface area contributed by atoms with E-state index < -0.39 is 35.0 Å². The summed E-state index contributed by atoms with van der Waals surface area (Å²) in [5.74, 6) is -1.06. The Morgan fingerprint density at radius 2 is 1.56 bits per heavy atom. The normalized spacial score (nSPS) is 27.1. The van der Waals surface area contributed by atoms with Crippen LogP contribution in [0.3, 0.4) is 0 Å². The van der Waals surface area contributed by atoms with Crippen molar-refractivity contribution in [3.05, 3.63) is 71.8 Å². The molecule has 0 unspecified atom stereocenters. The standard InChI is InChI=1S/C20H18BClO5/c1-20(22)16(27-18(24)14-10-6-3-7-11-14)15(26-19(20)21)12-25-17(23)13-8-4-2-5-9-13/h2-11,15-16,19H,12H2,1H3/t15-,16-,19-,20-/m1/s1. The number of carbonyl (C=O) groups excluding carboxylic acids is 2. The molecule has 1 aliphatic rings. The van der Waals surface area contributed by atoms with Gasteiger partial charge in [-0.3, -0.25) is 0 Å². The fourth-order valence-electron chi connectivity index (χ4n) is 2.81. The largest absolute Gasteiger partial charge is 0.459 e. The molecule has 0 saturated carbocycles. The van der Waals surface area contributed by atoms with Crippen molar-refractivity contribution in [2.45, 2.75) is 30.0 Å². The highest BCUT2D eigenvalue weighted by Gasteiger charge is 2.53. The van der Waals surface area contributed by atoms with E-state index in [2.05, 4.69) is 0 Å². The molecule has 0 bridgehead atoms. The van der Waals surface area contributed by atoms with Crippen LogP contribution in [0.2, 0.25) is 0 Å². The minimum atomic E-state index is -1.16. The fraction of sp³-hybridized carbons (Fsp3) is 0.300. The van der Waals surface area contributed by atoms with Gasteiger partial charge < -0.3 is 14.2 Å². The lowest BCUT2D eigenvalue weighted by atomic mass is 9.85. The van der Waals surface area contributed by atoms with Crippen molar-refractivity contribution in [3.8, 4) is 0 Å². The molecule has 0 aliphatic carbocycles. The number of hydrogen-bond donors (Lipinski definition) is 0. The quantitative estimate of drug-likeness (QED) is 0.450. The summed E-state index contributed by atoms with van der Waals surface area (Å²) in [6, 6.07) is 16.2. The molecule has 1 heterocycles. The van der Waals surface area contributed by atoms with Crippen molar-refractivity contribution in [2.24, 2.45) is 0 Å². The molecule has 0 aromatic heterocycles. The highest BCUT2D eigenvalue weighted by atomic mass is 35.5. The molecule has 4 atom stereocenters. The van der Waals surface area contributed by atoms with E-state index >= 15 is 0 Å². The van der Waals surface area contributed by atoms with Crippen LogP contribution in [0, 0.1) is 0 Å². The highest BCUT2D eigenvalue weighted by molar-refractivity contribution is 6.30. The number of halogens is 1. The van der Waals surface area contributed by atoms with Gasteiger partial charge in [0.1, 0.15) is 20.6 Å². The Bertz CT molecular complexity index is 797. The third-order valence-electron chi connectivity index (χ3n) is 4.40. The highest BCUT2D eigenvalue weighted by Crippen LogP contribution is 2.38. The molecule has 2 radical (unpaired) electrons. The van der Waals surface area contributed by atoms with E-state index in [1.807, 2.05) is 0 Å².